The average Bonchev–Trinajstić information content (AvgIpc) is 3.38. The molecule has 12 heteroatoms. The zero-order chi connectivity index (χ0) is 27.7. The highest BCUT2D eigenvalue weighted by molar-refractivity contribution is 7.92. The van der Waals surface area contributed by atoms with Crippen molar-refractivity contribution in [2.75, 3.05) is 17.1 Å². The van der Waals surface area contributed by atoms with Crippen molar-refractivity contribution in [3.63, 3.8) is 0 Å². The van der Waals surface area contributed by atoms with E-state index in [1.54, 1.807) is 19.3 Å². The lowest BCUT2D eigenvalue weighted by Gasteiger charge is -2.13. The summed E-state index contributed by atoms with van der Waals surface area (Å²) in [5.41, 5.74) is 0.882. The number of aryl methyl sites for hydroxylation is 1. The molecule has 2 N–H and O–H groups in total. The fraction of sp³-hybridized carbons (Fsp3) is 0.0741. The van der Waals surface area contributed by atoms with Gasteiger partial charge in [0, 0.05) is 24.4 Å². The maximum Gasteiger partial charge on any atom is 0.267 e. The number of rotatable bonds is 7. The standard InChI is InChI=1S/C27H20F3N5O2S2/c1-15-11-12-18(28)25(21(15)29)39(36,37)35-19-10-6-9-17(22(19)30)23-24(20-13-14-32-27(31-2)33-20)38-26(34-23)16-7-4-3-5-8-16/h3-14,35H,1-2H3,(H,31,32,33). The van der Waals surface area contributed by atoms with E-state index in [1.165, 1.54) is 30.4 Å². The first-order valence-electron chi connectivity index (χ1n) is 11.5. The van der Waals surface area contributed by atoms with E-state index in [0.29, 0.717) is 21.5 Å². The van der Waals surface area contributed by atoms with Crippen molar-refractivity contribution >= 4 is 33.0 Å². The van der Waals surface area contributed by atoms with Gasteiger partial charge < -0.3 is 5.32 Å². The molecule has 0 aliphatic carbocycles. The molecule has 2 heterocycles. The van der Waals surface area contributed by atoms with E-state index in [1.807, 2.05) is 35.1 Å². The van der Waals surface area contributed by atoms with Crippen LogP contribution in [0.5, 0.6) is 0 Å². The number of thiazole rings is 1. The summed E-state index contributed by atoms with van der Waals surface area (Å²) in [7, 11) is -3.15. The molecule has 2 aromatic heterocycles. The van der Waals surface area contributed by atoms with Gasteiger partial charge in [-0.05, 0) is 36.8 Å². The molecule has 5 aromatic rings. The Balaban J connectivity index is 1.64. The summed E-state index contributed by atoms with van der Waals surface area (Å²) >= 11 is 1.28. The minimum Gasteiger partial charge on any atom is -0.357 e. The fourth-order valence-electron chi connectivity index (χ4n) is 3.85. The molecule has 0 fully saturated rings. The Hall–Kier alpha value is -4.29. The largest absolute Gasteiger partial charge is 0.357 e. The van der Waals surface area contributed by atoms with Gasteiger partial charge in [-0.3, -0.25) is 4.72 Å². The summed E-state index contributed by atoms with van der Waals surface area (Å²) in [5.74, 6) is -3.17. The number of hydrogen-bond donors (Lipinski definition) is 2. The van der Waals surface area contributed by atoms with Gasteiger partial charge in [0.25, 0.3) is 10.0 Å². The molecule has 0 atom stereocenters. The second kappa shape index (κ2) is 10.5. The summed E-state index contributed by atoms with van der Waals surface area (Å²) in [5, 5.41) is 3.44. The number of nitrogens with zero attached hydrogens (tertiary/aromatic N) is 3. The molecule has 5 rings (SSSR count). The fourth-order valence-corrected chi connectivity index (χ4v) is 6.18. The summed E-state index contributed by atoms with van der Waals surface area (Å²) in [6.07, 6.45) is 1.55. The quantitative estimate of drug-likeness (QED) is 0.233. The Kier molecular flexibility index (Phi) is 7.06. The van der Waals surface area contributed by atoms with Crippen molar-refractivity contribution < 1.29 is 21.6 Å². The highest BCUT2D eigenvalue weighted by Crippen LogP contribution is 2.42. The Morgan fingerprint density at radius 1 is 0.872 bits per heavy atom. The normalized spacial score (nSPS) is 11.4. The smallest absolute Gasteiger partial charge is 0.267 e. The van der Waals surface area contributed by atoms with E-state index in [-0.39, 0.29) is 16.8 Å². The number of sulfonamides is 1. The maximum atomic E-state index is 15.9. The third-order valence-electron chi connectivity index (χ3n) is 5.77. The van der Waals surface area contributed by atoms with Crippen LogP contribution in [0, 0.1) is 24.4 Å². The van der Waals surface area contributed by atoms with Crippen LogP contribution in [0.15, 0.2) is 77.8 Å². The van der Waals surface area contributed by atoms with Gasteiger partial charge in [0.15, 0.2) is 10.7 Å². The second-order valence-corrected chi connectivity index (χ2v) is 11.0. The topological polar surface area (TPSA) is 96.9 Å². The third-order valence-corrected chi connectivity index (χ3v) is 8.30. The van der Waals surface area contributed by atoms with E-state index < -0.39 is 38.1 Å². The minimum absolute atomic E-state index is 0.0292. The second-order valence-electron chi connectivity index (χ2n) is 8.36. The first-order valence-corrected chi connectivity index (χ1v) is 13.8. The number of nitrogens with one attached hydrogen (secondary N) is 2. The molecule has 0 bridgehead atoms. The van der Waals surface area contributed by atoms with Crippen LogP contribution in [0.3, 0.4) is 0 Å². The first-order chi connectivity index (χ1) is 18.7. The van der Waals surface area contributed by atoms with Crippen molar-refractivity contribution in [2.45, 2.75) is 11.8 Å². The van der Waals surface area contributed by atoms with E-state index in [0.717, 1.165) is 23.8 Å². The highest BCUT2D eigenvalue weighted by Gasteiger charge is 2.28. The Morgan fingerprint density at radius 3 is 2.38 bits per heavy atom. The summed E-state index contributed by atoms with van der Waals surface area (Å²) in [6.45, 7) is 1.30. The molecule has 0 radical (unpaired) electrons. The number of benzene rings is 3. The van der Waals surface area contributed by atoms with E-state index in [9.17, 15) is 17.2 Å². The van der Waals surface area contributed by atoms with Gasteiger partial charge in [0.2, 0.25) is 5.95 Å². The van der Waals surface area contributed by atoms with Gasteiger partial charge in [-0.1, -0.05) is 42.5 Å². The molecule has 198 valence electrons. The molecule has 0 unspecified atom stereocenters. The molecule has 0 saturated heterocycles. The molecule has 0 aliphatic rings. The molecular weight excluding hydrogens is 547 g/mol. The minimum atomic E-state index is -4.81. The Morgan fingerprint density at radius 2 is 1.64 bits per heavy atom. The first kappa shape index (κ1) is 26.3. The van der Waals surface area contributed by atoms with Crippen LogP contribution < -0.4 is 10.0 Å². The third kappa shape index (κ3) is 5.08. The summed E-state index contributed by atoms with van der Waals surface area (Å²) in [6, 6.07) is 16.9. The number of halogens is 3. The van der Waals surface area contributed by atoms with Crippen molar-refractivity contribution in [1.82, 2.24) is 15.0 Å². The predicted molar refractivity (Wildman–Crippen MR) is 145 cm³/mol. The van der Waals surface area contributed by atoms with Gasteiger partial charge in [-0.15, -0.1) is 11.3 Å². The predicted octanol–water partition coefficient (Wildman–Crippen LogP) is 6.50. The van der Waals surface area contributed by atoms with Crippen LogP contribution in [-0.4, -0.2) is 30.4 Å². The lowest BCUT2D eigenvalue weighted by Crippen LogP contribution is -2.18. The molecule has 7 nitrogen and oxygen atoms in total. The van der Waals surface area contributed by atoms with Crippen LogP contribution in [-0.2, 0) is 10.0 Å². The number of anilines is 2. The van der Waals surface area contributed by atoms with Crippen molar-refractivity contribution in [3.8, 4) is 32.4 Å². The molecular formula is C27H20F3N5O2S2. The molecule has 3 aromatic carbocycles. The van der Waals surface area contributed by atoms with Crippen LogP contribution in [0.25, 0.3) is 32.4 Å². The monoisotopic (exact) mass is 567 g/mol. The molecule has 0 saturated carbocycles. The van der Waals surface area contributed by atoms with Crippen LogP contribution in [0.4, 0.5) is 24.8 Å². The van der Waals surface area contributed by atoms with E-state index in [2.05, 4.69) is 20.3 Å². The zero-order valence-electron chi connectivity index (χ0n) is 20.5. The van der Waals surface area contributed by atoms with Crippen molar-refractivity contribution in [3.05, 3.63) is 95.9 Å². The lowest BCUT2D eigenvalue weighted by molar-refractivity contribution is 0.516. The summed E-state index contributed by atoms with van der Waals surface area (Å²) in [4.78, 5) is 12.6. The van der Waals surface area contributed by atoms with Crippen molar-refractivity contribution in [1.29, 1.82) is 0 Å². The number of aromatic nitrogens is 3. The summed E-state index contributed by atoms with van der Waals surface area (Å²) < 4.78 is 72.8. The molecule has 0 amide bonds. The molecule has 39 heavy (non-hydrogen) atoms. The lowest BCUT2D eigenvalue weighted by atomic mass is 10.1. The average molecular weight is 568 g/mol. The zero-order valence-corrected chi connectivity index (χ0v) is 22.2. The van der Waals surface area contributed by atoms with Gasteiger partial charge >= 0.3 is 0 Å². The molecule has 0 aliphatic heterocycles. The maximum absolute atomic E-state index is 15.9. The van der Waals surface area contributed by atoms with Crippen LogP contribution in [0.2, 0.25) is 0 Å². The van der Waals surface area contributed by atoms with Gasteiger partial charge in [-0.2, -0.15) is 0 Å². The highest BCUT2D eigenvalue weighted by atomic mass is 32.2. The van der Waals surface area contributed by atoms with Crippen molar-refractivity contribution in [2.24, 2.45) is 0 Å². The van der Waals surface area contributed by atoms with Gasteiger partial charge in [-0.25, -0.2) is 36.5 Å². The van der Waals surface area contributed by atoms with Crippen LogP contribution in [0.1, 0.15) is 5.56 Å². The van der Waals surface area contributed by atoms with E-state index in [4.69, 9.17) is 0 Å². The number of hydrogen-bond acceptors (Lipinski definition) is 7. The SMILES string of the molecule is CNc1nccc(-c2sc(-c3ccccc3)nc2-c2cccc(NS(=O)(=O)c3c(F)ccc(C)c3F)c2F)n1. The van der Waals surface area contributed by atoms with Crippen LogP contribution >= 0.6 is 11.3 Å². The Labute approximate surface area is 226 Å². The van der Waals surface area contributed by atoms with Gasteiger partial charge in [0.05, 0.1) is 22.0 Å². The Bertz CT molecular complexity index is 1800. The molecule has 0 spiro atoms. The van der Waals surface area contributed by atoms with E-state index >= 15 is 4.39 Å². The van der Waals surface area contributed by atoms with Gasteiger partial charge in [0.1, 0.15) is 16.6 Å².